The molecule has 1 heterocycles. The van der Waals surface area contributed by atoms with Gasteiger partial charge < -0.3 is 10.4 Å². The Labute approximate surface area is 134 Å². The van der Waals surface area contributed by atoms with Gasteiger partial charge in [-0.1, -0.05) is 18.2 Å². The SMILES string of the molecule is CC(NC(=O)C1CCC1C(=O)O)c1ccccc1-n1cccn1. The van der Waals surface area contributed by atoms with E-state index in [4.69, 9.17) is 5.11 Å². The lowest BCUT2D eigenvalue weighted by atomic mass is 9.73. The largest absolute Gasteiger partial charge is 0.481 e. The average Bonchev–Trinajstić information content (AvgIpc) is 2.99. The van der Waals surface area contributed by atoms with Crippen molar-refractivity contribution in [1.29, 1.82) is 0 Å². The highest BCUT2D eigenvalue weighted by Crippen LogP contribution is 2.35. The number of carbonyl (C=O) groups excluding carboxylic acids is 1. The lowest BCUT2D eigenvalue weighted by molar-refractivity contribution is -0.152. The molecule has 0 aliphatic heterocycles. The molecule has 1 aromatic heterocycles. The van der Waals surface area contributed by atoms with Crippen molar-refractivity contribution < 1.29 is 14.7 Å². The quantitative estimate of drug-likeness (QED) is 0.886. The van der Waals surface area contributed by atoms with Crippen molar-refractivity contribution in [2.75, 3.05) is 0 Å². The number of para-hydroxylation sites is 1. The minimum absolute atomic E-state index is 0.189. The molecule has 0 spiro atoms. The summed E-state index contributed by atoms with van der Waals surface area (Å²) in [5, 5.41) is 16.3. The first-order valence-electron chi connectivity index (χ1n) is 7.70. The van der Waals surface area contributed by atoms with Gasteiger partial charge >= 0.3 is 5.97 Å². The van der Waals surface area contributed by atoms with Crippen molar-refractivity contribution in [2.45, 2.75) is 25.8 Å². The van der Waals surface area contributed by atoms with Crippen LogP contribution in [0.5, 0.6) is 0 Å². The Bertz CT molecular complexity index is 712. The van der Waals surface area contributed by atoms with Gasteiger partial charge in [0, 0.05) is 12.4 Å². The van der Waals surface area contributed by atoms with Gasteiger partial charge in [0.2, 0.25) is 5.91 Å². The average molecular weight is 313 g/mol. The van der Waals surface area contributed by atoms with Crippen molar-refractivity contribution in [3.8, 4) is 5.69 Å². The third-order valence-corrected chi connectivity index (χ3v) is 4.44. The van der Waals surface area contributed by atoms with E-state index < -0.39 is 17.8 Å². The summed E-state index contributed by atoms with van der Waals surface area (Å²) in [7, 11) is 0. The zero-order valence-electron chi connectivity index (χ0n) is 12.8. The summed E-state index contributed by atoms with van der Waals surface area (Å²) >= 11 is 0. The molecule has 3 unspecified atom stereocenters. The van der Waals surface area contributed by atoms with Crippen LogP contribution in [0.15, 0.2) is 42.7 Å². The van der Waals surface area contributed by atoms with Gasteiger partial charge in [-0.25, -0.2) is 4.68 Å². The second-order valence-corrected chi connectivity index (χ2v) is 5.87. The molecule has 6 heteroatoms. The van der Waals surface area contributed by atoms with E-state index in [0.717, 1.165) is 11.3 Å². The summed E-state index contributed by atoms with van der Waals surface area (Å²) in [6.07, 6.45) is 4.76. The summed E-state index contributed by atoms with van der Waals surface area (Å²) in [5.41, 5.74) is 1.84. The molecule has 2 N–H and O–H groups in total. The predicted molar refractivity (Wildman–Crippen MR) is 84.0 cm³/mol. The summed E-state index contributed by atoms with van der Waals surface area (Å²) in [5.74, 6) is -2.05. The van der Waals surface area contributed by atoms with E-state index in [1.807, 2.05) is 43.5 Å². The zero-order chi connectivity index (χ0) is 16.4. The minimum Gasteiger partial charge on any atom is -0.481 e. The fourth-order valence-corrected chi connectivity index (χ4v) is 2.98. The van der Waals surface area contributed by atoms with E-state index in [1.54, 1.807) is 10.9 Å². The van der Waals surface area contributed by atoms with Crippen LogP contribution >= 0.6 is 0 Å². The lowest BCUT2D eigenvalue weighted by Gasteiger charge is -2.33. The fourth-order valence-electron chi connectivity index (χ4n) is 2.98. The maximum atomic E-state index is 12.3. The van der Waals surface area contributed by atoms with E-state index in [0.29, 0.717) is 12.8 Å². The van der Waals surface area contributed by atoms with Gasteiger partial charge in [0.05, 0.1) is 23.6 Å². The summed E-state index contributed by atoms with van der Waals surface area (Å²) < 4.78 is 1.75. The normalized spacial score (nSPS) is 21.3. The molecule has 1 aromatic carbocycles. The van der Waals surface area contributed by atoms with Gasteiger partial charge in [-0.3, -0.25) is 9.59 Å². The molecule has 0 bridgehead atoms. The number of nitrogens with one attached hydrogen (secondary N) is 1. The lowest BCUT2D eigenvalue weighted by Crippen LogP contribution is -2.44. The van der Waals surface area contributed by atoms with Crippen molar-refractivity contribution in [1.82, 2.24) is 15.1 Å². The Kier molecular flexibility index (Phi) is 4.14. The Balaban J connectivity index is 1.75. The highest BCUT2D eigenvalue weighted by Gasteiger charge is 2.41. The number of hydrogen-bond acceptors (Lipinski definition) is 3. The molecule has 0 saturated heterocycles. The van der Waals surface area contributed by atoms with Crippen LogP contribution in [0.1, 0.15) is 31.4 Å². The van der Waals surface area contributed by atoms with Crippen LogP contribution < -0.4 is 5.32 Å². The smallest absolute Gasteiger partial charge is 0.307 e. The topological polar surface area (TPSA) is 84.2 Å². The van der Waals surface area contributed by atoms with Gasteiger partial charge in [-0.05, 0) is 37.5 Å². The first-order chi connectivity index (χ1) is 11.1. The molecule has 3 atom stereocenters. The number of aromatic nitrogens is 2. The molecule has 1 aliphatic carbocycles. The second kappa shape index (κ2) is 6.24. The zero-order valence-corrected chi connectivity index (χ0v) is 12.8. The summed E-state index contributed by atoms with van der Waals surface area (Å²) in [6.45, 7) is 1.90. The van der Waals surface area contributed by atoms with Crippen LogP contribution in [0, 0.1) is 11.8 Å². The number of carbonyl (C=O) groups is 2. The molecule has 1 fully saturated rings. The van der Waals surface area contributed by atoms with E-state index >= 15 is 0 Å². The van der Waals surface area contributed by atoms with Crippen LogP contribution in [0.4, 0.5) is 0 Å². The van der Waals surface area contributed by atoms with Crippen LogP contribution in [0.2, 0.25) is 0 Å². The Hall–Kier alpha value is -2.63. The first-order valence-corrected chi connectivity index (χ1v) is 7.70. The highest BCUT2D eigenvalue weighted by atomic mass is 16.4. The van der Waals surface area contributed by atoms with Crippen LogP contribution in [-0.2, 0) is 9.59 Å². The Morgan fingerprint density at radius 1 is 1.26 bits per heavy atom. The van der Waals surface area contributed by atoms with Gasteiger partial charge in [-0.15, -0.1) is 0 Å². The number of carboxylic acids is 1. The van der Waals surface area contributed by atoms with Crippen molar-refractivity contribution in [3.63, 3.8) is 0 Å². The van der Waals surface area contributed by atoms with E-state index in [9.17, 15) is 9.59 Å². The minimum atomic E-state index is -0.888. The first kappa shape index (κ1) is 15.3. The number of aliphatic carboxylic acids is 1. The van der Waals surface area contributed by atoms with Gasteiger partial charge in [-0.2, -0.15) is 5.10 Å². The number of hydrogen-bond donors (Lipinski definition) is 2. The molecular weight excluding hydrogens is 294 g/mol. The maximum absolute atomic E-state index is 12.3. The molecule has 0 radical (unpaired) electrons. The van der Waals surface area contributed by atoms with Crippen molar-refractivity contribution in [3.05, 3.63) is 48.3 Å². The number of benzene rings is 1. The monoisotopic (exact) mass is 313 g/mol. The Morgan fingerprint density at radius 3 is 2.61 bits per heavy atom. The summed E-state index contributed by atoms with van der Waals surface area (Å²) in [6, 6.07) is 9.32. The van der Waals surface area contributed by atoms with Gasteiger partial charge in [0.1, 0.15) is 0 Å². The highest BCUT2D eigenvalue weighted by molar-refractivity contribution is 5.86. The van der Waals surface area contributed by atoms with Gasteiger partial charge in [0.25, 0.3) is 0 Å². The number of nitrogens with zero attached hydrogens (tertiary/aromatic N) is 2. The number of carboxylic acid groups (broad SMARTS) is 1. The van der Waals surface area contributed by atoms with Crippen molar-refractivity contribution in [2.24, 2.45) is 11.8 Å². The van der Waals surface area contributed by atoms with Crippen molar-refractivity contribution >= 4 is 11.9 Å². The third-order valence-electron chi connectivity index (χ3n) is 4.44. The molecule has 3 rings (SSSR count). The molecule has 1 aliphatic rings. The second-order valence-electron chi connectivity index (χ2n) is 5.87. The van der Waals surface area contributed by atoms with E-state index in [2.05, 4.69) is 10.4 Å². The predicted octanol–water partition coefficient (Wildman–Crippen LogP) is 2.16. The van der Waals surface area contributed by atoms with Gasteiger partial charge in [0.15, 0.2) is 0 Å². The molecular formula is C17H19N3O3. The molecule has 23 heavy (non-hydrogen) atoms. The molecule has 6 nitrogen and oxygen atoms in total. The number of rotatable bonds is 5. The number of amides is 1. The maximum Gasteiger partial charge on any atom is 0.307 e. The van der Waals surface area contributed by atoms with Crippen LogP contribution in [0.25, 0.3) is 5.69 Å². The molecule has 1 amide bonds. The van der Waals surface area contributed by atoms with E-state index in [-0.39, 0.29) is 11.9 Å². The van der Waals surface area contributed by atoms with Crippen LogP contribution in [-0.4, -0.2) is 26.8 Å². The van der Waals surface area contributed by atoms with Crippen LogP contribution in [0.3, 0.4) is 0 Å². The molecule has 120 valence electrons. The fraction of sp³-hybridized carbons (Fsp3) is 0.353. The standard InChI is InChI=1S/C17H19N3O3/c1-11(19-16(21)13-7-8-14(13)17(22)23)12-5-2-3-6-15(12)20-10-4-9-18-20/h2-6,9-11,13-14H,7-8H2,1H3,(H,19,21)(H,22,23). The Morgan fingerprint density at radius 2 is 2.00 bits per heavy atom. The molecule has 1 saturated carbocycles. The van der Waals surface area contributed by atoms with E-state index in [1.165, 1.54) is 0 Å². The summed E-state index contributed by atoms with van der Waals surface area (Å²) in [4.78, 5) is 23.4. The third kappa shape index (κ3) is 2.97. The molecule has 2 aromatic rings.